The zero-order chi connectivity index (χ0) is 13.1. The third-order valence-corrected chi connectivity index (χ3v) is 3.45. The summed E-state index contributed by atoms with van der Waals surface area (Å²) in [6.07, 6.45) is 2.06. The van der Waals surface area contributed by atoms with Crippen molar-refractivity contribution in [3.8, 4) is 0 Å². The fraction of sp³-hybridized carbons (Fsp3) is 0.615. The van der Waals surface area contributed by atoms with E-state index in [2.05, 4.69) is 5.32 Å². The summed E-state index contributed by atoms with van der Waals surface area (Å²) in [4.78, 5) is 12.0. The number of aliphatic hydroxyl groups is 1. The van der Waals surface area contributed by atoms with Crippen molar-refractivity contribution in [3.63, 3.8) is 0 Å². The quantitative estimate of drug-likeness (QED) is 0.828. The second-order valence-electron chi connectivity index (χ2n) is 4.76. The zero-order valence-electron chi connectivity index (χ0n) is 10.7. The van der Waals surface area contributed by atoms with Gasteiger partial charge in [0.15, 0.2) is 5.76 Å². The Balaban J connectivity index is 1.97. The highest BCUT2D eigenvalue weighted by molar-refractivity contribution is 5.93. The van der Waals surface area contributed by atoms with Crippen LogP contribution in [-0.4, -0.2) is 30.8 Å². The predicted molar refractivity (Wildman–Crippen MR) is 65.2 cm³/mol. The number of ether oxygens (including phenoxy) is 1. The Kier molecular flexibility index (Phi) is 4.04. The number of aliphatic hydroxyl groups excluding tert-OH is 1. The molecule has 18 heavy (non-hydrogen) atoms. The molecule has 0 aromatic carbocycles. The maximum atomic E-state index is 12.0. The lowest BCUT2D eigenvalue weighted by atomic mass is 9.80. The summed E-state index contributed by atoms with van der Waals surface area (Å²) in [5.74, 6) is 0.895. The van der Waals surface area contributed by atoms with Crippen molar-refractivity contribution < 1.29 is 19.1 Å². The molecule has 0 spiro atoms. The second-order valence-corrected chi connectivity index (χ2v) is 4.76. The SMILES string of the molecule is COC[C@H]1CC[C@H]1NC(=O)c1oc(CO)cc1C. The van der Waals surface area contributed by atoms with Crippen LogP contribution in [0.5, 0.6) is 0 Å². The maximum Gasteiger partial charge on any atom is 0.287 e. The summed E-state index contributed by atoms with van der Waals surface area (Å²) in [5, 5.41) is 11.9. The molecule has 5 nitrogen and oxygen atoms in total. The largest absolute Gasteiger partial charge is 0.453 e. The molecule has 0 unspecified atom stereocenters. The van der Waals surface area contributed by atoms with Gasteiger partial charge in [-0.25, -0.2) is 0 Å². The summed E-state index contributed by atoms with van der Waals surface area (Å²) in [5.41, 5.74) is 0.749. The molecule has 1 aromatic heterocycles. The van der Waals surface area contributed by atoms with Gasteiger partial charge in [0, 0.05) is 24.6 Å². The van der Waals surface area contributed by atoms with Gasteiger partial charge in [0.1, 0.15) is 12.4 Å². The lowest BCUT2D eigenvalue weighted by Crippen LogP contribution is -2.48. The Morgan fingerprint density at radius 2 is 2.39 bits per heavy atom. The van der Waals surface area contributed by atoms with Crippen molar-refractivity contribution in [1.29, 1.82) is 0 Å². The molecule has 0 aliphatic heterocycles. The van der Waals surface area contributed by atoms with Crippen LogP contribution in [0.3, 0.4) is 0 Å². The molecule has 1 aromatic rings. The van der Waals surface area contributed by atoms with Crippen molar-refractivity contribution in [2.24, 2.45) is 5.92 Å². The Labute approximate surface area is 106 Å². The Morgan fingerprint density at radius 3 is 2.89 bits per heavy atom. The van der Waals surface area contributed by atoms with Crippen molar-refractivity contribution in [2.75, 3.05) is 13.7 Å². The Morgan fingerprint density at radius 1 is 1.61 bits per heavy atom. The van der Waals surface area contributed by atoms with E-state index in [9.17, 15) is 4.79 Å². The molecule has 5 heteroatoms. The molecule has 0 saturated heterocycles. The third kappa shape index (κ3) is 2.57. The topological polar surface area (TPSA) is 71.7 Å². The van der Waals surface area contributed by atoms with Gasteiger partial charge >= 0.3 is 0 Å². The number of aryl methyl sites for hydroxylation is 1. The fourth-order valence-corrected chi connectivity index (χ4v) is 2.26. The molecule has 0 bridgehead atoms. The molecule has 1 amide bonds. The van der Waals surface area contributed by atoms with Crippen LogP contribution in [0.25, 0.3) is 0 Å². The molecule has 1 heterocycles. The number of amides is 1. The van der Waals surface area contributed by atoms with E-state index in [0.29, 0.717) is 24.0 Å². The number of rotatable bonds is 5. The van der Waals surface area contributed by atoms with E-state index in [-0.39, 0.29) is 18.6 Å². The Bertz CT molecular complexity index is 427. The first-order valence-electron chi connectivity index (χ1n) is 6.15. The van der Waals surface area contributed by atoms with E-state index >= 15 is 0 Å². The van der Waals surface area contributed by atoms with Crippen LogP contribution in [0.2, 0.25) is 0 Å². The summed E-state index contributed by atoms with van der Waals surface area (Å²) < 4.78 is 10.4. The number of methoxy groups -OCH3 is 1. The van der Waals surface area contributed by atoms with Gasteiger partial charge in [-0.05, 0) is 25.8 Å². The third-order valence-electron chi connectivity index (χ3n) is 3.45. The normalized spacial score (nSPS) is 22.6. The van der Waals surface area contributed by atoms with E-state index in [0.717, 1.165) is 18.4 Å². The monoisotopic (exact) mass is 253 g/mol. The lowest BCUT2D eigenvalue weighted by Gasteiger charge is -2.36. The van der Waals surface area contributed by atoms with E-state index in [1.54, 1.807) is 20.1 Å². The smallest absolute Gasteiger partial charge is 0.287 e. The Hall–Kier alpha value is -1.33. The molecule has 1 aliphatic rings. The number of nitrogens with one attached hydrogen (secondary N) is 1. The molecule has 1 fully saturated rings. The number of carbonyl (C=O) groups excluding carboxylic acids is 1. The van der Waals surface area contributed by atoms with Crippen LogP contribution in [0.15, 0.2) is 10.5 Å². The molecule has 0 radical (unpaired) electrons. The summed E-state index contributed by atoms with van der Waals surface area (Å²) in [6.45, 7) is 2.28. The molecule has 2 rings (SSSR count). The lowest BCUT2D eigenvalue weighted by molar-refractivity contribution is 0.0651. The van der Waals surface area contributed by atoms with E-state index in [1.807, 2.05) is 0 Å². The van der Waals surface area contributed by atoms with Crippen molar-refractivity contribution >= 4 is 5.91 Å². The fourth-order valence-electron chi connectivity index (χ4n) is 2.26. The second kappa shape index (κ2) is 5.54. The van der Waals surface area contributed by atoms with E-state index < -0.39 is 0 Å². The van der Waals surface area contributed by atoms with Gasteiger partial charge in [-0.15, -0.1) is 0 Å². The predicted octanol–water partition coefficient (Wildman–Crippen LogP) is 1.24. The highest BCUT2D eigenvalue weighted by Crippen LogP contribution is 2.28. The maximum absolute atomic E-state index is 12.0. The number of hydrogen-bond acceptors (Lipinski definition) is 4. The highest BCUT2D eigenvalue weighted by atomic mass is 16.5. The number of carbonyl (C=O) groups is 1. The minimum Gasteiger partial charge on any atom is -0.453 e. The molecule has 1 aliphatic carbocycles. The highest BCUT2D eigenvalue weighted by Gasteiger charge is 2.33. The first kappa shape index (κ1) is 13.1. The van der Waals surface area contributed by atoms with Crippen LogP contribution in [-0.2, 0) is 11.3 Å². The number of hydrogen-bond donors (Lipinski definition) is 2. The molecule has 1 saturated carbocycles. The first-order valence-corrected chi connectivity index (χ1v) is 6.15. The van der Waals surface area contributed by atoms with Gasteiger partial charge in [0.25, 0.3) is 5.91 Å². The van der Waals surface area contributed by atoms with Crippen LogP contribution < -0.4 is 5.32 Å². The van der Waals surface area contributed by atoms with Gasteiger partial charge in [-0.1, -0.05) is 0 Å². The van der Waals surface area contributed by atoms with Gasteiger partial charge < -0.3 is 19.6 Å². The summed E-state index contributed by atoms with van der Waals surface area (Å²) in [6, 6.07) is 1.85. The van der Waals surface area contributed by atoms with Crippen molar-refractivity contribution in [1.82, 2.24) is 5.32 Å². The van der Waals surface area contributed by atoms with Crippen LogP contribution in [0.4, 0.5) is 0 Å². The molecule has 100 valence electrons. The van der Waals surface area contributed by atoms with Crippen LogP contribution in [0, 0.1) is 12.8 Å². The van der Waals surface area contributed by atoms with E-state index in [4.69, 9.17) is 14.3 Å². The minimum absolute atomic E-state index is 0.166. The standard InChI is InChI=1S/C13H19NO4/c1-8-5-10(6-15)18-12(8)13(16)14-11-4-3-9(11)7-17-2/h5,9,11,15H,3-4,6-7H2,1-2H3,(H,14,16)/t9-,11-/m1/s1. The van der Waals surface area contributed by atoms with Gasteiger partial charge in [0.05, 0.1) is 6.61 Å². The minimum atomic E-state index is -0.210. The van der Waals surface area contributed by atoms with Gasteiger partial charge in [-0.2, -0.15) is 0 Å². The first-order chi connectivity index (χ1) is 8.65. The average Bonchev–Trinajstić information content (AvgIpc) is 2.73. The molecule has 2 atom stereocenters. The molecular formula is C13H19NO4. The van der Waals surface area contributed by atoms with Gasteiger partial charge in [0.2, 0.25) is 0 Å². The van der Waals surface area contributed by atoms with Crippen LogP contribution >= 0.6 is 0 Å². The van der Waals surface area contributed by atoms with Crippen molar-refractivity contribution in [2.45, 2.75) is 32.4 Å². The van der Waals surface area contributed by atoms with Gasteiger partial charge in [-0.3, -0.25) is 4.79 Å². The number of furan rings is 1. The van der Waals surface area contributed by atoms with Crippen molar-refractivity contribution in [3.05, 3.63) is 23.2 Å². The zero-order valence-corrected chi connectivity index (χ0v) is 10.7. The molecular weight excluding hydrogens is 234 g/mol. The average molecular weight is 253 g/mol. The summed E-state index contributed by atoms with van der Waals surface area (Å²) >= 11 is 0. The summed E-state index contributed by atoms with van der Waals surface area (Å²) in [7, 11) is 1.67. The van der Waals surface area contributed by atoms with Crippen LogP contribution in [0.1, 0.15) is 34.7 Å². The van der Waals surface area contributed by atoms with E-state index in [1.165, 1.54) is 0 Å². The molecule has 2 N–H and O–H groups in total.